The summed E-state index contributed by atoms with van der Waals surface area (Å²) in [7, 11) is 0. The first-order valence-corrected chi connectivity index (χ1v) is 14.3. The van der Waals surface area contributed by atoms with Crippen molar-refractivity contribution in [2.45, 2.75) is 37.8 Å². The molecular formula is C29H37N7O4. The van der Waals surface area contributed by atoms with Gasteiger partial charge in [0.25, 0.3) is 5.91 Å². The zero-order valence-corrected chi connectivity index (χ0v) is 22.8. The van der Waals surface area contributed by atoms with E-state index in [1.54, 1.807) is 12.4 Å². The molecule has 6 rings (SSSR count). The Morgan fingerprint density at radius 2 is 1.77 bits per heavy atom. The molecule has 2 aromatic heterocycles. The number of carbonyl (C=O) groups excluding carboxylic acids is 1. The molecule has 3 fully saturated rings. The molecule has 0 atom stereocenters. The third kappa shape index (κ3) is 6.53. The third-order valence-electron chi connectivity index (χ3n) is 7.77. The highest BCUT2D eigenvalue weighted by Crippen LogP contribution is 2.32. The normalized spacial score (nSPS) is 21.7. The molecule has 11 heteroatoms. The molecule has 1 aliphatic carbocycles. The molecule has 1 aromatic carbocycles. The minimum atomic E-state index is -0.0151. The van der Waals surface area contributed by atoms with Gasteiger partial charge in [-0.3, -0.25) is 4.79 Å². The van der Waals surface area contributed by atoms with Crippen molar-refractivity contribution in [3.63, 3.8) is 0 Å². The molecule has 212 valence electrons. The average molecular weight is 548 g/mol. The number of amides is 1. The van der Waals surface area contributed by atoms with Crippen LogP contribution in [0.3, 0.4) is 0 Å². The van der Waals surface area contributed by atoms with Gasteiger partial charge in [-0.15, -0.1) is 0 Å². The zero-order valence-electron chi connectivity index (χ0n) is 22.8. The van der Waals surface area contributed by atoms with Gasteiger partial charge in [-0.25, -0.2) is 9.97 Å². The van der Waals surface area contributed by atoms with Gasteiger partial charge in [-0.05, 0) is 43.2 Å². The second-order valence-electron chi connectivity index (χ2n) is 10.5. The van der Waals surface area contributed by atoms with E-state index in [-0.39, 0.29) is 24.7 Å². The molecule has 2 saturated heterocycles. The van der Waals surface area contributed by atoms with E-state index in [0.29, 0.717) is 30.7 Å². The SMILES string of the molecule is O=C(COc1cnc(N[C@H]2CC[C@@H](Oc3nc(N4CCOCC4)cc4ccccc34)CC2)nc1)N1CCNCC1. The predicted octanol–water partition coefficient (Wildman–Crippen LogP) is 2.47. The molecule has 1 amide bonds. The number of pyridine rings is 1. The second-order valence-corrected chi connectivity index (χ2v) is 10.5. The minimum absolute atomic E-state index is 0.000351. The van der Waals surface area contributed by atoms with Gasteiger partial charge >= 0.3 is 0 Å². The minimum Gasteiger partial charge on any atom is -0.481 e. The number of ether oxygens (including phenoxy) is 3. The lowest BCUT2D eigenvalue weighted by atomic mass is 9.93. The number of piperazine rings is 1. The maximum Gasteiger partial charge on any atom is 0.260 e. The maximum atomic E-state index is 12.3. The van der Waals surface area contributed by atoms with E-state index in [9.17, 15) is 4.79 Å². The van der Waals surface area contributed by atoms with E-state index in [1.807, 2.05) is 11.0 Å². The van der Waals surface area contributed by atoms with Gasteiger partial charge in [0.1, 0.15) is 11.9 Å². The largest absolute Gasteiger partial charge is 0.481 e. The Morgan fingerprint density at radius 1 is 1.02 bits per heavy atom. The van der Waals surface area contributed by atoms with E-state index in [1.165, 1.54) is 0 Å². The maximum absolute atomic E-state index is 12.3. The molecule has 4 heterocycles. The number of hydrogen-bond acceptors (Lipinski definition) is 10. The predicted molar refractivity (Wildman–Crippen MR) is 152 cm³/mol. The van der Waals surface area contributed by atoms with Gasteiger partial charge in [0.2, 0.25) is 11.8 Å². The standard InChI is InChI=1S/C29H37N7O4/c37-27(36-11-9-30-10-12-36)20-39-24-18-31-29(32-19-24)33-22-5-7-23(8-6-22)40-28-25-4-2-1-3-21(25)17-26(34-28)35-13-15-38-16-14-35/h1-4,17-19,22-23,30H,5-16,20H2,(H,31,32,33)/t22-,23+. The van der Waals surface area contributed by atoms with Crippen LogP contribution < -0.4 is 25.0 Å². The Labute approximate surface area is 234 Å². The molecule has 3 aromatic rings. The summed E-state index contributed by atoms with van der Waals surface area (Å²) in [6.07, 6.45) is 7.09. The van der Waals surface area contributed by atoms with Gasteiger partial charge < -0.3 is 34.6 Å². The molecule has 0 unspecified atom stereocenters. The van der Waals surface area contributed by atoms with Gasteiger partial charge in [0.15, 0.2) is 12.4 Å². The first kappa shape index (κ1) is 26.5. The average Bonchev–Trinajstić information content (AvgIpc) is 3.02. The van der Waals surface area contributed by atoms with Crippen molar-refractivity contribution in [3.8, 4) is 11.6 Å². The van der Waals surface area contributed by atoms with Crippen LogP contribution in [0.25, 0.3) is 10.8 Å². The van der Waals surface area contributed by atoms with Crippen molar-refractivity contribution >= 4 is 28.4 Å². The van der Waals surface area contributed by atoms with Gasteiger partial charge in [0, 0.05) is 50.7 Å². The van der Waals surface area contributed by atoms with Crippen molar-refractivity contribution in [2.24, 2.45) is 0 Å². The summed E-state index contributed by atoms with van der Waals surface area (Å²) in [5, 5.41) is 8.87. The number of rotatable bonds is 8. The van der Waals surface area contributed by atoms with Gasteiger partial charge in [-0.2, -0.15) is 4.98 Å². The van der Waals surface area contributed by atoms with Crippen molar-refractivity contribution < 1.29 is 19.0 Å². The van der Waals surface area contributed by atoms with E-state index in [2.05, 4.69) is 49.8 Å². The topological polar surface area (TPSA) is 114 Å². The quantitative estimate of drug-likeness (QED) is 0.436. The molecule has 2 N–H and O–H groups in total. The monoisotopic (exact) mass is 547 g/mol. The van der Waals surface area contributed by atoms with E-state index in [0.717, 1.165) is 81.7 Å². The fourth-order valence-electron chi connectivity index (χ4n) is 5.48. The zero-order chi connectivity index (χ0) is 27.1. The van der Waals surface area contributed by atoms with Crippen molar-refractivity contribution in [3.05, 3.63) is 42.7 Å². The van der Waals surface area contributed by atoms with Crippen LogP contribution in [0, 0.1) is 0 Å². The second kappa shape index (κ2) is 12.6. The lowest BCUT2D eigenvalue weighted by Gasteiger charge is -2.31. The number of carbonyl (C=O) groups is 1. The number of aromatic nitrogens is 3. The fraction of sp³-hybridized carbons (Fsp3) is 0.517. The first-order valence-electron chi connectivity index (χ1n) is 14.3. The highest BCUT2D eigenvalue weighted by molar-refractivity contribution is 5.89. The van der Waals surface area contributed by atoms with Crippen LogP contribution in [0.1, 0.15) is 25.7 Å². The lowest BCUT2D eigenvalue weighted by Crippen LogP contribution is -2.47. The molecule has 0 spiro atoms. The Bertz CT molecular complexity index is 1270. The smallest absolute Gasteiger partial charge is 0.260 e. The van der Waals surface area contributed by atoms with Crippen LogP contribution >= 0.6 is 0 Å². The molecule has 2 aliphatic heterocycles. The number of nitrogens with one attached hydrogen (secondary N) is 2. The number of fused-ring (bicyclic) bond motifs is 1. The summed E-state index contributed by atoms with van der Waals surface area (Å²) in [6, 6.07) is 10.7. The van der Waals surface area contributed by atoms with Crippen LogP contribution in [-0.2, 0) is 9.53 Å². The molecule has 1 saturated carbocycles. The van der Waals surface area contributed by atoms with Gasteiger partial charge in [0.05, 0.1) is 25.6 Å². The van der Waals surface area contributed by atoms with Crippen LogP contribution in [-0.4, -0.2) is 97.0 Å². The number of nitrogens with zero attached hydrogens (tertiary/aromatic N) is 5. The third-order valence-corrected chi connectivity index (χ3v) is 7.77. The molecule has 11 nitrogen and oxygen atoms in total. The van der Waals surface area contributed by atoms with Crippen molar-refractivity contribution in [1.82, 2.24) is 25.2 Å². The van der Waals surface area contributed by atoms with Crippen LogP contribution in [0.2, 0.25) is 0 Å². The van der Waals surface area contributed by atoms with Gasteiger partial charge in [-0.1, -0.05) is 18.2 Å². The summed E-state index contributed by atoms with van der Waals surface area (Å²) in [4.78, 5) is 30.1. The summed E-state index contributed by atoms with van der Waals surface area (Å²) in [5.41, 5.74) is 0. The van der Waals surface area contributed by atoms with Crippen molar-refractivity contribution in [2.75, 3.05) is 69.3 Å². The Balaban J connectivity index is 1.00. The Morgan fingerprint density at radius 3 is 2.55 bits per heavy atom. The number of hydrogen-bond donors (Lipinski definition) is 2. The number of benzene rings is 1. The highest BCUT2D eigenvalue weighted by Gasteiger charge is 2.25. The van der Waals surface area contributed by atoms with Crippen molar-refractivity contribution in [1.29, 1.82) is 0 Å². The summed E-state index contributed by atoms with van der Waals surface area (Å²) in [6.45, 7) is 6.18. The van der Waals surface area contributed by atoms with E-state index < -0.39 is 0 Å². The Hall–Kier alpha value is -3.70. The first-order chi connectivity index (χ1) is 19.7. The van der Waals surface area contributed by atoms with Crippen LogP contribution in [0.5, 0.6) is 11.6 Å². The number of morpholine rings is 1. The molecule has 40 heavy (non-hydrogen) atoms. The Kier molecular flexibility index (Phi) is 8.39. The fourth-order valence-corrected chi connectivity index (χ4v) is 5.48. The molecule has 3 aliphatic rings. The molecular weight excluding hydrogens is 510 g/mol. The molecule has 0 bridgehead atoms. The summed E-state index contributed by atoms with van der Waals surface area (Å²) in [5.74, 6) is 2.70. The number of anilines is 2. The molecule has 0 radical (unpaired) electrons. The van der Waals surface area contributed by atoms with E-state index in [4.69, 9.17) is 19.2 Å². The van der Waals surface area contributed by atoms with Crippen LogP contribution in [0.4, 0.5) is 11.8 Å². The highest BCUT2D eigenvalue weighted by atomic mass is 16.5. The summed E-state index contributed by atoms with van der Waals surface area (Å²) < 4.78 is 17.7. The summed E-state index contributed by atoms with van der Waals surface area (Å²) >= 11 is 0. The van der Waals surface area contributed by atoms with E-state index >= 15 is 0 Å². The van der Waals surface area contributed by atoms with Crippen LogP contribution in [0.15, 0.2) is 42.7 Å². The lowest BCUT2D eigenvalue weighted by molar-refractivity contribution is -0.133.